The van der Waals surface area contributed by atoms with Crippen LogP contribution < -0.4 is 5.32 Å². The minimum absolute atomic E-state index is 0.0455. The number of amides is 1. The molecule has 1 amide bonds. The highest BCUT2D eigenvalue weighted by atomic mass is 35.5. The van der Waals surface area contributed by atoms with Crippen LogP contribution >= 0.6 is 23.4 Å². The first-order valence-corrected chi connectivity index (χ1v) is 9.98. The molecule has 0 unspecified atom stereocenters. The zero-order chi connectivity index (χ0) is 18.1. The fourth-order valence-corrected chi connectivity index (χ4v) is 3.59. The number of benzene rings is 2. The number of carbonyl (C=O) groups is 1. The molecule has 0 atom stereocenters. The number of carbonyl (C=O) groups excluding carboxylic acids is 1. The van der Waals surface area contributed by atoms with Gasteiger partial charge in [-0.3, -0.25) is 4.79 Å². The van der Waals surface area contributed by atoms with E-state index < -0.39 is 0 Å². The minimum Gasteiger partial charge on any atom is -0.355 e. The summed E-state index contributed by atoms with van der Waals surface area (Å²) in [5.74, 6) is 0.995. The lowest BCUT2D eigenvalue weighted by atomic mass is 10.1. The van der Waals surface area contributed by atoms with E-state index in [4.69, 9.17) is 11.6 Å². The molecule has 0 saturated carbocycles. The average Bonchev–Trinajstić information content (AvgIpc) is 2.62. The van der Waals surface area contributed by atoms with Crippen LogP contribution in [0, 0.1) is 5.82 Å². The summed E-state index contributed by atoms with van der Waals surface area (Å²) >= 11 is 7.54. The molecule has 1 N–H and O–H groups in total. The third-order valence-corrected chi connectivity index (χ3v) is 5.29. The number of halogens is 2. The Balaban J connectivity index is 1.62. The Morgan fingerprint density at radius 3 is 2.56 bits per heavy atom. The van der Waals surface area contributed by atoms with Gasteiger partial charge in [0, 0.05) is 35.1 Å². The molecule has 0 fully saturated rings. The van der Waals surface area contributed by atoms with E-state index >= 15 is 0 Å². The van der Waals surface area contributed by atoms with Crippen LogP contribution in [0.25, 0.3) is 0 Å². The smallest absolute Gasteiger partial charge is 0.220 e. The molecule has 0 saturated heterocycles. The van der Waals surface area contributed by atoms with Crippen LogP contribution in [-0.4, -0.2) is 18.2 Å². The summed E-state index contributed by atoms with van der Waals surface area (Å²) in [4.78, 5) is 11.9. The van der Waals surface area contributed by atoms with Gasteiger partial charge in [-0.05, 0) is 36.1 Å². The van der Waals surface area contributed by atoms with E-state index in [9.17, 15) is 9.18 Å². The Morgan fingerprint density at radius 1 is 1.16 bits per heavy atom. The molecule has 0 radical (unpaired) electrons. The fourth-order valence-electron chi connectivity index (χ4n) is 2.39. The van der Waals surface area contributed by atoms with Crippen molar-refractivity contribution in [3.8, 4) is 0 Å². The van der Waals surface area contributed by atoms with Crippen molar-refractivity contribution in [3.05, 3.63) is 70.0 Å². The van der Waals surface area contributed by atoms with E-state index in [0.717, 1.165) is 18.6 Å². The van der Waals surface area contributed by atoms with Crippen molar-refractivity contribution in [2.45, 2.75) is 31.9 Å². The molecule has 5 heteroatoms. The molecule has 2 aromatic rings. The topological polar surface area (TPSA) is 29.1 Å². The van der Waals surface area contributed by atoms with Crippen molar-refractivity contribution in [1.29, 1.82) is 0 Å². The summed E-state index contributed by atoms with van der Waals surface area (Å²) in [6, 6.07) is 13.1. The van der Waals surface area contributed by atoms with Crippen molar-refractivity contribution in [1.82, 2.24) is 5.32 Å². The van der Waals surface area contributed by atoms with Crippen LogP contribution in [0.4, 0.5) is 4.39 Å². The molecular weight excluding hydrogens is 357 g/mol. The SMILES string of the molecule is CCc1ccc(CCC(=O)NCCSCc2c(F)cccc2Cl)cc1. The summed E-state index contributed by atoms with van der Waals surface area (Å²) in [5.41, 5.74) is 3.01. The van der Waals surface area contributed by atoms with Crippen molar-refractivity contribution in [2.24, 2.45) is 0 Å². The van der Waals surface area contributed by atoms with Gasteiger partial charge in [-0.25, -0.2) is 4.39 Å². The molecule has 0 spiro atoms. The number of nitrogens with one attached hydrogen (secondary N) is 1. The highest BCUT2D eigenvalue weighted by molar-refractivity contribution is 7.98. The number of thioether (sulfide) groups is 1. The first kappa shape index (κ1) is 19.8. The molecule has 2 aromatic carbocycles. The van der Waals surface area contributed by atoms with E-state index in [1.54, 1.807) is 23.9 Å². The fraction of sp³-hybridized carbons (Fsp3) is 0.350. The number of aryl methyl sites for hydroxylation is 2. The predicted octanol–water partition coefficient (Wildman–Crippen LogP) is 5.02. The molecule has 0 aliphatic carbocycles. The highest BCUT2D eigenvalue weighted by Crippen LogP contribution is 2.23. The molecule has 0 aromatic heterocycles. The maximum atomic E-state index is 13.6. The third-order valence-electron chi connectivity index (χ3n) is 3.95. The van der Waals surface area contributed by atoms with E-state index in [0.29, 0.717) is 29.3 Å². The normalized spacial score (nSPS) is 10.7. The average molecular weight is 380 g/mol. The van der Waals surface area contributed by atoms with Crippen LogP contribution in [0.3, 0.4) is 0 Å². The second kappa shape index (κ2) is 10.5. The molecule has 2 nitrogen and oxygen atoms in total. The van der Waals surface area contributed by atoms with Crippen LogP contribution in [0.1, 0.15) is 30.0 Å². The van der Waals surface area contributed by atoms with Gasteiger partial charge in [0.1, 0.15) is 5.82 Å². The summed E-state index contributed by atoms with van der Waals surface area (Å²) < 4.78 is 13.6. The number of hydrogen-bond donors (Lipinski definition) is 1. The largest absolute Gasteiger partial charge is 0.355 e. The van der Waals surface area contributed by atoms with Crippen molar-refractivity contribution >= 4 is 29.3 Å². The van der Waals surface area contributed by atoms with Gasteiger partial charge < -0.3 is 5.32 Å². The maximum Gasteiger partial charge on any atom is 0.220 e. The van der Waals surface area contributed by atoms with Gasteiger partial charge in [0.25, 0.3) is 0 Å². The highest BCUT2D eigenvalue weighted by Gasteiger charge is 2.07. The molecule has 0 aliphatic rings. The first-order chi connectivity index (χ1) is 12.1. The maximum absolute atomic E-state index is 13.6. The second-order valence-electron chi connectivity index (χ2n) is 5.77. The molecule has 2 rings (SSSR count). The molecule has 134 valence electrons. The lowest BCUT2D eigenvalue weighted by Crippen LogP contribution is -2.25. The van der Waals surface area contributed by atoms with Gasteiger partial charge in [0.15, 0.2) is 0 Å². The quantitative estimate of drug-likeness (QED) is 0.619. The Hall–Kier alpha value is -1.52. The van der Waals surface area contributed by atoms with Crippen molar-refractivity contribution < 1.29 is 9.18 Å². The van der Waals surface area contributed by atoms with E-state index in [1.807, 2.05) is 0 Å². The summed E-state index contributed by atoms with van der Waals surface area (Å²) in [5, 5.41) is 3.35. The van der Waals surface area contributed by atoms with Crippen LogP contribution in [0.5, 0.6) is 0 Å². The molecule has 25 heavy (non-hydrogen) atoms. The van der Waals surface area contributed by atoms with Gasteiger partial charge in [-0.2, -0.15) is 11.8 Å². The lowest BCUT2D eigenvalue weighted by molar-refractivity contribution is -0.120. The Labute approximate surface area is 158 Å². The zero-order valence-electron chi connectivity index (χ0n) is 14.4. The van der Waals surface area contributed by atoms with Crippen molar-refractivity contribution in [3.63, 3.8) is 0 Å². The monoisotopic (exact) mass is 379 g/mol. The summed E-state index contributed by atoms with van der Waals surface area (Å²) in [6.07, 6.45) is 2.25. The lowest BCUT2D eigenvalue weighted by Gasteiger charge is -2.07. The van der Waals surface area contributed by atoms with Crippen LogP contribution in [-0.2, 0) is 23.4 Å². The van der Waals surface area contributed by atoms with Gasteiger partial charge in [-0.15, -0.1) is 0 Å². The molecule has 0 aliphatic heterocycles. The molecular formula is C20H23ClFNOS. The summed E-state index contributed by atoms with van der Waals surface area (Å²) in [6.45, 7) is 2.70. The third kappa shape index (κ3) is 6.71. The zero-order valence-corrected chi connectivity index (χ0v) is 15.9. The standard InChI is InChI=1S/C20H23ClFNOS/c1-2-15-6-8-16(9-7-15)10-11-20(24)23-12-13-25-14-17-18(21)4-3-5-19(17)22/h3-9H,2,10-14H2,1H3,(H,23,24). The van der Waals surface area contributed by atoms with E-state index in [1.165, 1.54) is 17.2 Å². The predicted molar refractivity (Wildman–Crippen MR) is 105 cm³/mol. The molecule has 0 bridgehead atoms. The number of rotatable bonds is 9. The van der Waals surface area contributed by atoms with Crippen molar-refractivity contribution in [2.75, 3.05) is 12.3 Å². The van der Waals surface area contributed by atoms with Gasteiger partial charge in [0.05, 0.1) is 0 Å². The Bertz CT molecular complexity index is 670. The van der Waals surface area contributed by atoms with E-state index in [2.05, 4.69) is 36.5 Å². The first-order valence-electron chi connectivity index (χ1n) is 8.45. The Kier molecular flexibility index (Phi) is 8.29. The Morgan fingerprint density at radius 2 is 1.88 bits per heavy atom. The minimum atomic E-state index is -0.280. The van der Waals surface area contributed by atoms with Crippen LogP contribution in [0.2, 0.25) is 5.02 Å². The molecule has 0 heterocycles. The van der Waals surface area contributed by atoms with E-state index in [-0.39, 0.29) is 11.7 Å². The van der Waals surface area contributed by atoms with Gasteiger partial charge >= 0.3 is 0 Å². The number of hydrogen-bond acceptors (Lipinski definition) is 2. The second-order valence-corrected chi connectivity index (χ2v) is 7.29. The van der Waals surface area contributed by atoms with Crippen LogP contribution in [0.15, 0.2) is 42.5 Å². The van der Waals surface area contributed by atoms with Gasteiger partial charge in [-0.1, -0.05) is 48.9 Å². The summed E-state index contributed by atoms with van der Waals surface area (Å²) in [7, 11) is 0. The van der Waals surface area contributed by atoms with Gasteiger partial charge in [0.2, 0.25) is 5.91 Å².